The fraction of sp³-hybridized carbons (Fsp3) is 0.261. The first kappa shape index (κ1) is 23.6. The molecule has 0 radical (unpaired) electrons. The molecule has 0 aliphatic rings. The number of aryl methyl sites for hydroxylation is 1. The molecule has 3 rings (SSSR count). The van der Waals surface area contributed by atoms with Crippen LogP contribution in [0.25, 0.3) is 0 Å². The predicted molar refractivity (Wildman–Crippen MR) is 124 cm³/mol. The Morgan fingerprint density at radius 2 is 1.72 bits per heavy atom. The van der Waals surface area contributed by atoms with E-state index in [4.69, 9.17) is 27.9 Å². The zero-order chi connectivity index (χ0) is 23.3. The first-order valence-electron chi connectivity index (χ1n) is 10.1. The average Bonchev–Trinajstić information content (AvgIpc) is 3.08. The van der Waals surface area contributed by atoms with Gasteiger partial charge in [0.1, 0.15) is 0 Å². The third-order valence-corrected chi connectivity index (χ3v) is 5.36. The van der Waals surface area contributed by atoms with Crippen LogP contribution in [0.3, 0.4) is 0 Å². The maximum atomic E-state index is 12.5. The van der Waals surface area contributed by atoms with Crippen molar-refractivity contribution in [1.82, 2.24) is 9.78 Å². The van der Waals surface area contributed by atoms with Crippen LogP contribution in [0.2, 0.25) is 10.0 Å². The summed E-state index contributed by atoms with van der Waals surface area (Å²) in [6, 6.07) is 13.4. The molecule has 0 saturated carbocycles. The number of para-hydroxylation sites is 1. The molecule has 0 atom stereocenters. The van der Waals surface area contributed by atoms with Gasteiger partial charge in [0.05, 0.1) is 11.4 Å². The number of imide groups is 1. The molecule has 1 N–H and O–H groups in total. The van der Waals surface area contributed by atoms with E-state index in [1.165, 1.54) is 12.1 Å². The number of halogens is 2. The Kier molecular flexibility index (Phi) is 7.77. The van der Waals surface area contributed by atoms with E-state index in [-0.39, 0.29) is 12.4 Å². The van der Waals surface area contributed by atoms with Gasteiger partial charge in [-0.05, 0) is 48.7 Å². The number of hydrogen-bond acceptors (Lipinski definition) is 4. The molecule has 2 amide bonds. The molecule has 32 heavy (non-hydrogen) atoms. The summed E-state index contributed by atoms with van der Waals surface area (Å²) >= 11 is 12.3. The van der Waals surface area contributed by atoms with Crippen LogP contribution in [0.4, 0.5) is 15.3 Å². The molecule has 3 aromatic rings. The number of ether oxygens (including phenoxy) is 1. The molecule has 2 aromatic carbocycles. The second kappa shape index (κ2) is 10.5. The van der Waals surface area contributed by atoms with Gasteiger partial charge in [0.25, 0.3) is 0 Å². The minimum atomic E-state index is -1.43. The lowest BCUT2D eigenvalue weighted by Crippen LogP contribution is -2.36. The Morgan fingerprint density at radius 3 is 2.28 bits per heavy atom. The molecule has 1 heterocycles. The summed E-state index contributed by atoms with van der Waals surface area (Å²) in [7, 11) is 0. The fourth-order valence-corrected chi connectivity index (χ4v) is 4.12. The van der Waals surface area contributed by atoms with Gasteiger partial charge in [-0.3, -0.25) is 0 Å². The quantitative estimate of drug-likeness (QED) is 0.440. The van der Waals surface area contributed by atoms with E-state index in [9.17, 15) is 14.7 Å². The highest BCUT2D eigenvalue weighted by atomic mass is 35.5. The normalized spacial score (nSPS) is 10.8. The molecular formula is C23H23Cl2N3O4. The Labute approximate surface area is 196 Å². The van der Waals surface area contributed by atoms with Crippen molar-refractivity contribution in [3.8, 4) is 0 Å². The lowest BCUT2D eigenvalue weighted by atomic mass is 10.0. The van der Waals surface area contributed by atoms with Crippen molar-refractivity contribution in [2.75, 3.05) is 4.90 Å². The van der Waals surface area contributed by atoms with Crippen LogP contribution in [0.15, 0.2) is 48.5 Å². The minimum Gasteiger partial charge on any atom is -0.464 e. The van der Waals surface area contributed by atoms with E-state index in [0.29, 0.717) is 34.2 Å². The van der Waals surface area contributed by atoms with Gasteiger partial charge in [-0.25, -0.2) is 14.3 Å². The molecule has 168 valence electrons. The van der Waals surface area contributed by atoms with Crippen molar-refractivity contribution in [3.63, 3.8) is 0 Å². The van der Waals surface area contributed by atoms with Crippen molar-refractivity contribution in [3.05, 3.63) is 81.1 Å². The van der Waals surface area contributed by atoms with E-state index in [0.717, 1.165) is 22.5 Å². The van der Waals surface area contributed by atoms with Crippen LogP contribution in [-0.2, 0) is 30.7 Å². The van der Waals surface area contributed by atoms with Crippen LogP contribution in [0, 0.1) is 0 Å². The first-order chi connectivity index (χ1) is 15.3. The summed E-state index contributed by atoms with van der Waals surface area (Å²) < 4.78 is 6.91. The topological polar surface area (TPSA) is 84.7 Å². The number of rotatable bonds is 7. The molecule has 0 unspecified atom stereocenters. The van der Waals surface area contributed by atoms with Crippen LogP contribution < -0.4 is 4.90 Å². The van der Waals surface area contributed by atoms with Crippen molar-refractivity contribution in [2.24, 2.45) is 0 Å². The highest BCUT2D eigenvalue weighted by molar-refractivity contribution is 6.34. The van der Waals surface area contributed by atoms with E-state index in [1.54, 1.807) is 28.9 Å². The first-order valence-corrected chi connectivity index (χ1v) is 10.9. The van der Waals surface area contributed by atoms with E-state index in [1.807, 2.05) is 26.0 Å². The Morgan fingerprint density at radius 1 is 1.06 bits per heavy atom. The molecule has 0 aliphatic heterocycles. The molecule has 9 heteroatoms. The summed E-state index contributed by atoms with van der Waals surface area (Å²) in [5.74, 6) is 0. The average molecular weight is 476 g/mol. The highest BCUT2D eigenvalue weighted by Crippen LogP contribution is 2.25. The van der Waals surface area contributed by atoms with Gasteiger partial charge in [-0.15, -0.1) is 0 Å². The van der Waals surface area contributed by atoms with E-state index >= 15 is 0 Å². The number of nitrogens with zero attached hydrogens (tertiary/aromatic N) is 3. The van der Waals surface area contributed by atoms with E-state index < -0.39 is 12.2 Å². The maximum Gasteiger partial charge on any atom is 0.425 e. The smallest absolute Gasteiger partial charge is 0.425 e. The lowest BCUT2D eigenvalue weighted by molar-refractivity contribution is 0.111. The van der Waals surface area contributed by atoms with Gasteiger partial charge < -0.3 is 9.84 Å². The molecule has 0 fully saturated rings. The van der Waals surface area contributed by atoms with Gasteiger partial charge in [0.2, 0.25) is 0 Å². The molecule has 1 aromatic heterocycles. The van der Waals surface area contributed by atoms with Crippen LogP contribution in [0.1, 0.15) is 36.4 Å². The van der Waals surface area contributed by atoms with Crippen molar-refractivity contribution < 1.29 is 19.4 Å². The van der Waals surface area contributed by atoms with Crippen molar-refractivity contribution in [1.29, 1.82) is 0 Å². The summed E-state index contributed by atoms with van der Waals surface area (Å²) in [5, 5.41) is 15.2. The molecule has 0 bridgehead atoms. The number of carbonyl (C=O) groups excluding carboxylic acids is 1. The minimum absolute atomic E-state index is 0.203. The van der Waals surface area contributed by atoms with Gasteiger partial charge in [0.15, 0.2) is 6.73 Å². The van der Waals surface area contributed by atoms with Gasteiger partial charge in [0, 0.05) is 27.7 Å². The Bertz CT molecular complexity index is 1100. The van der Waals surface area contributed by atoms with Crippen LogP contribution in [0.5, 0.6) is 0 Å². The second-order valence-electron chi connectivity index (χ2n) is 7.03. The molecule has 0 saturated heterocycles. The van der Waals surface area contributed by atoms with Crippen LogP contribution in [-0.4, -0.2) is 27.1 Å². The highest BCUT2D eigenvalue weighted by Gasteiger charge is 2.25. The summed E-state index contributed by atoms with van der Waals surface area (Å²) in [5.41, 5.74) is 3.93. The SMILES string of the molecule is CCc1nn(COC(=O)N(C(=O)O)c2ccccc2)c(CC)c1Cc1cc(Cl)cc(Cl)c1. The standard InChI is InChI=1S/C23H23Cl2N3O4/c1-3-20-19(12-15-10-16(24)13-17(25)11-15)21(4-2)27(26-20)14-32-23(31)28(22(29)30)18-8-6-5-7-9-18/h5-11,13H,3-4,12,14H2,1-2H3,(H,29,30). The number of carboxylic acid groups (broad SMARTS) is 1. The van der Waals surface area contributed by atoms with E-state index in [2.05, 4.69) is 5.10 Å². The molecule has 7 nitrogen and oxygen atoms in total. The number of carbonyl (C=O) groups is 2. The maximum absolute atomic E-state index is 12.5. The fourth-order valence-electron chi connectivity index (χ4n) is 3.55. The number of amides is 2. The van der Waals surface area contributed by atoms with Crippen molar-refractivity contribution in [2.45, 2.75) is 39.8 Å². The predicted octanol–water partition coefficient (Wildman–Crippen LogP) is 6.18. The summed E-state index contributed by atoms with van der Waals surface area (Å²) in [6.45, 7) is 3.77. The largest absolute Gasteiger partial charge is 0.464 e. The third-order valence-electron chi connectivity index (χ3n) is 4.92. The Hall–Kier alpha value is -3.03. The molecular weight excluding hydrogens is 453 g/mol. The monoisotopic (exact) mass is 475 g/mol. The van der Waals surface area contributed by atoms with Gasteiger partial charge in [-0.1, -0.05) is 55.2 Å². The summed E-state index contributed by atoms with van der Waals surface area (Å²) in [6.07, 6.45) is -0.517. The number of anilines is 1. The zero-order valence-electron chi connectivity index (χ0n) is 17.7. The Balaban J connectivity index is 1.84. The van der Waals surface area contributed by atoms with Gasteiger partial charge in [-0.2, -0.15) is 10.00 Å². The van der Waals surface area contributed by atoms with Gasteiger partial charge >= 0.3 is 12.2 Å². The lowest BCUT2D eigenvalue weighted by Gasteiger charge is -2.17. The second-order valence-corrected chi connectivity index (χ2v) is 7.90. The molecule has 0 aliphatic carbocycles. The van der Waals surface area contributed by atoms with Crippen LogP contribution >= 0.6 is 23.2 Å². The van der Waals surface area contributed by atoms with Crippen molar-refractivity contribution >= 4 is 41.1 Å². The summed E-state index contributed by atoms with van der Waals surface area (Å²) in [4.78, 5) is 24.7. The zero-order valence-corrected chi connectivity index (χ0v) is 19.2. The number of hydrogen-bond donors (Lipinski definition) is 1. The third kappa shape index (κ3) is 5.41. The molecule has 0 spiro atoms. The number of aromatic nitrogens is 2. The number of benzene rings is 2.